The van der Waals surface area contributed by atoms with Gasteiger partial charge in [-0.05, 0) is 44.5 Å². The van der Waals surface area contributed by atoms with Crippen LogP contribution in [0.2, 0.25) is 0 Å². The van der Waals surface area contributed by atoms with Gasteiger partial charge in [-0.1, -0.05) is 0 Å². The third kappa shape index (κ3) is 4.56. The van der Waals surface area contributed by atoms with Crippen molar-refractivity contribution in [2.24, 2.45) is 10.7 Å². The molecule has 1 aliphatic heterocycles. The number of hydrogen-bond donors (Lipinski definition) is 2. The van der Waals surface area contributed by atoms with Crippen LogP contribution < -0.4 is 15.8 Å². The van der Waals surface area contributed by atoms with Crippen molar-refractivity contribution in [3.63, 3.8) is 0 Å². The van der Waals surface area contributed by atoms with E-state index in [0.717, 1.165) is 18.3 Å². The van der Waals surface area contributed by atoms with Gasteiger partial charge in [0.05, 0.1) is 17.5 Å². The zero-order chi connectivity index (χ0) is 22.1. The van der Waals surface area contributed by atoms with E-state index in [-0.39, 0.29) is 35.1 Å². The molecular weight excluding hydrogens is 418 g/mol. The van der Waals surface area contributed by atoms with Crippen LogP contribution >= 0.6 is 0 Å². The second kappa shape index (κ2) is 7.98. The van der Waals surface area contributed by atoms with Crippen LogP contribution in [0.1, 0.15) is 25.8 Å². The van der Waals surface area contributed by atoms with E-state index in [0.29, 0.717) is 0 Å². The van der Waals surface area contributed by atoms with Gasteiger partial charge in [0.1, 0.15) is 22.7 Å². The van der Waals surface area contributed by atoms with Crippen LogP contribution in [0.4, 0.5) is 19.3 Å². The van der Waals surface area contributed by atoms with E-state index in [1.54, 1.807) is 6.92 Å². The number of nitrogens with one attached hydrogen (secondary N) is 1. The molecule has 0 saturated heterocycles. The fourth-order valence-corrected chi connectivity index (χ4v) is 4.46. The van der Waals surface area contributed by atoms with E-state index in [1.807, 2.05) is 0 Å². The summed E-state index contributed by atoms with van der Waals surface area (Å²) in [5.74, 6) is -1.65. The molecule has 160 valence electrons. The standard InChI is InChI=1S/C19H20F2N4O4S/c1-11-17(22)25-19(2,7-8-30(11,27)28)14-9-13(4-5-15(14)21)24-18(26)29-16-6-3-12(20)10-23-16/h3-6,9-11H,7-8H2,1-2H3,(H2,22,25)(H,24,26)/t11-,19?/m0/s1. The quantitative estimate of drug-likeness (QED) is 0.759. The molecule has 0 aliphatic carbocycles. The average Bonchev–Trinajstić information content (AvgIpc) is 2.76. The molecule has 2 heterocycles. The molecular formula is C19H20F2N4O4S. The van der Waals surface area contributed by atoms with Crippen LogP contribution in [-0.4, -0.2) is 36.3 Å². The Morgan fingerprint density at radius 1 is 1.30 bits per heavy atom. The predicted octanol–water partition coefficient (Wildman–Crippen LogP) is 2.75. The molecule has 2 aromatic rings. The third-order valence-electron chi connectivity index (χ3n) is 4.89. The molecule has 30 heavy (non-hydrogen) atoms. The largest absolute Gasteiger partial charge is 0.418 e. The van der Waals surface area contributed by atoms with Crippen LogP contribution in [0.25, 0.3) is 0 Å². The summed E-state index contributed by atoms with van der Waals surface area (Å²) in [7, 11) is -3.51. The van der Waals surface area contributed by atoms with E-state index >= 15 is 0 Å². The number of amidine groups is 1. The molecule has 2 atom stereocenters. The smallest absolute Gasteiger partial charge is 0.391 e. The lowest BCUT2D eigenvalue weighted by atomic mass is 9.89. The molecule has 0 spiro atoms. The second-order valence-electron chi connectivity index (χ2n) is 7.09. The van der Waals surface area contributed by atoms with Crippen molar-refractivity contribution >= 4 is 27.5 Å². The zero-order valence-electron chi connectivity index (χ0n) is 16.2. The van der Waals surface area contributed by atoms with Crippen molar-refractivity contribution in [2.45, 2.75) is 31.1 Å². The highest BCUT2D eigenvalue weighted by Crippen LogP contribution is 2.36. The molecule has 1 amide bonds. The monoisotopic (exact) mass is 438 g/mol. The Morgan fingerprint density at radius 2 is 2.03 bits per heavy atom. The van der Waals surface area contributed by atoms with Crippen LogP contribution in [0.5, 0.6) is 5.88 Å². The normalized spacial score (nSPS) is 23.2. The number of carbonyl (C=O) groups is 1. The summed E-state index contributed by atoms with van der Waals surface area (Å²) in [5, 5.41) is 1.45. The van der Waals surface area contributed by atoms with Crippen LogP contribution in [-0.2, 0) is 15.4 Å². The highest BCUT2D eigenvalue weighted by atomic mass is 32.2. The van der Waals surface area contributed by atoms with Gasteiger partial charge in [0.2, 0.25) is 5.88 Å². The number of aromatic nitrogens is 1. The highest BCUT2D eigenvalue weighted by molar-refractivity contribution is 7.92. The molecule has 1 unspecified atom stereocenters. The first-order chi connectivity index (χ1) is 14.0. The fraction of sp³-hybridized carbons (Fsp3) is 0.316. The number of hydrogen-bond acceptors (Lipinski definition) is 7. The lowest BCUT2D eigenvalue weighted by Crippen LogP contribution is -2.33. The number of ether oxygens (including phenoxy) is 1. The van der Waals surface area contributed by atoms with E-state index in [4.69, 9.17) is 10.5 Å². The lowest BCUT2D eigenvalue weighted by Gasteiger charge is -2.25. The minimum absolute atomic E-state index is 0.0185. The molecule has 0 fully saturated rings. The SMILES string of the molecule is C[C@H]1C(N)=NC(C)(c2cc(NC(=O)Oc3ccc(F)cn3)ccc2F)CCS1(=O)=O. The first-order valence-corrected chi connectivity index (χ1v) is 10.7. The first-order valence-electron chi connectivity index (χ1n) is 8.97. The molecule has 0 saturated carbocycles. The second-order valence-corrected chi connectivity index (χ2v) is 9.53. The number of halogens is 2. The van der Waals surface area contributed by atoms with Gasteiger partial charge in [-0.25, -0.2) is 27.0 Å². The molecule has 0 bridgehead atoms. The molecule has 1 aliphatic rings. The summed E-state index contributed by atoms with van der Waals surface area (Å²) in [6.07, 6.45) is -0.00916. The van der Waals surface area contributed by atoms with Crippen LogP contribution in [0, 0.1) is 11.6 Å². The van der Waals surface area contributed by atoms with Gasteiger partial charge < -0.3 is 10.5 Å². The zero-order valence-corrected chi connectivity index (χ0v) is 17.0. The van der Waals surface area contributed by atoms with Gasteiger partial charge >= 0.3 is 6.09 Å². The predicted molar refractivity (Wildman–Crippen MR) is 107 cm³/mol. The molecule has 1 aromatic carbocycles. The van der Waals surface area contributed by atoms with Crippen LogP contribution in [0.15, 0.2) is 41.5 Å². The lowest BCUT2D eigenvalue weighted by molar-refractivity contribution is 0.213. The topological polar surface area (TPSA) is 124 Å². The van der Waals surface area contributed by atoms with Crippen molar-refractivity contribution in [1.82, 2.24) is 4.98 Å². The third-order valence-corrected chi connectivity index (χ3v) is 6.99. The van der Waals surface area contributed by atoms with Gasteiger partial charge in [0.25, 0.3) is 0 Å². The van der Waals surface area contributed by atoms with Gasteiger partial charge in [-0.2, -0.15) is 0 Å². The minimum Gasteiger partial charge on any atom is -0.391 e. The Morgan fingerprint density at radius 3 is 2.70 bits per heavy atom. The number of aliphatic imine (C=N–C) groups is 1. The number of benzene rings is 1. The number of sulfone groups is 1. The van der Waals surface area contributed by atoms with Crippen LogP contribution in [0.3, 0.4) is 0 Å². The maximum atomic E-state index is 14.6. The number of nitrogens with zero attached hydrogens (tertiary/aromatic N) is 2. The number of nitrogens with two attached hydrogens (primary N) is 1. The van der Waals surface area contributed by atoms with Gasteiger partial charge in [-0.15, -0.1) is 0 Å². The Balaban J connectivity index is 1.86. The van der Waals surface area contributed by atoms with E-state index in [9.17, 15) is 22.0 Å². The maximum absolute atomic E-state index is 14.6. The highest BCUT2D eigenvalue weighted by Gasteiger charge is 2.38. The summed E-state index contributed by atoms with van der Waals surface area (Å²) < 4.78 is 57.0. The maximum Gasteiger partial charge on any atom is 0.418 e. The molecule has 0 radical (unpaired) electrons. The Hall–Kier alpha value is -3.08. The number of amides is 1. The number of rotatable bonds is 3. The summed E-state index contributed by atoms with van der Waals surface area (Å²) in [6.45, 7) is 3.02. The first kappa shape index (κ1) is 21.6. The summed E-state index contributed by atoms with van der Waals surface area (Å²) >= 11 is 0. The van der Waals surface area contributed by atoms with Crippen molar-refractivity contribution in [3.05, 3.63) is 53.7 Å². The van der Waals surface area contributed by atoms with Crippen molar-refractivity contribution in [2.75, 3.05) is 11.1 Å². The minimum atomic E-state index is -3.51. The van der Waals surface area contributed by atoms with Gasteiger partial charge in [0.15, 0.2) is 9.84 Å². The number of pyridine rings is 1. The Bertz CT molecular complexity index is 1110. The van der Waals surface area contributed by atoms with Gasteiger partial charge in [-0.3, -0.25) is 10.3 Å². The summed E-state index contributed by atoms with van der Waals surface area (Å²) in [5.41, 5.74) is 4.88. The summed E-state index contributed by atoms with van der Waals surface area (Å²) in [6, 6.07) is 6.03. The van der Waals surface area contributed by atoms with E-state index < -0.39 is 38.4 Å². The number of anilines is 1. The Kier molecular flexibility index (Phi) is 5.75. The molecule has 3 N–H and O–H groups in total. The van der Waals surface area contributed by atoms with Gasteiger partial charge in [0, 0.05) is 17.3 Å². The van der Waals surface area contributed by atoms with Crippen molar-refractivity contribution < 1.29 is 26.7 Å². The number of carbonyl (C=O) groups excluding carboxylic acids is 1. The summed E-state index contributed by atoms with van der Waals surface area (Å²) in [4.78, 5) is 20.0. The fourth-order valence-electron chi connectivity index (χ4n) is 3.01. The average molecular weight is 438 g/mol. The molecule has 8 nitrogen and oxygen atoms in total. The Labute approximate surface area is 172 Å². The van der Waals surface area contributed by atoms with E-state index in [1.165, 1.54) is 25.1 Å². The van der Waals surface area contributed by atoms with Crippen molar-refractivity contribution in [1.29, 1.82) is 0 Å². The molecule has 1 aromatic heterocycles. The van der Waals surface area contributed by atoms with Crippen molar-refractivity contribution in [3.8, 4) is 5.88 Å². The molecule has 3 rings (SSSR count). The molecule has 11 heteroatoms. The van der Waals surface area contributed by atoms with E-state index in [2.05, 4.69) is 15.3 Å².